The lowest BCUT2D eigenvalue weighted by molar-refractivity contribution is -0.870. The smallest absolute Gasteiger partial charge is 0.462 e. The number of carbonyl (C=O) groups excluding carboxylic acids is 2. The number of carbonyl (C=O) groups is 2. The SMILES string of the molecule is CC/C=C\C/C=C\C/C=C\C/C=C\C/C=C\C/C=C\C/C=C\C/C=C\C/C=C\CCCC(=O)OC(COC(=O)CCCCCCCCCCCC/C=C\C/C=C\C/C=C\CCCCCCC)COP(=O)(O)OCC[N+](C)(C)C. The first-order valence-corrected chi connectivity index (χ1v) is 32.1. The lowest BCUT2D eigenvalue weighted by Crippen LogP contribution is -2.37. The summed E-state index contributed by atoms with van der Waals surface area (Å²) in [5.74, 6) is -0.882. The minimum atomic E-state index is -4.42. The molecule has 0 aliphatic heterocycles. The van der Waals surface area contributed by atoms with E-state index in [0.717, 1.165) is 103 Å². The van der Waals surface area contributed by atoms with E-state index in [4.69, 9.17) is 18.5 Å². The van der Waals surface area contributed by atoms with Crippen LogP contribution in [0.4, 0.5) is 0 Å². The molecule has 0 spiro atoms. The fraction of sp³-hybridized carbons (Fsp3) is 0.618. The van der Waals surface area contributed by atoms with Gasteiger partial charge in [0.25, 0.3) is 0 Å². The summed E-state index contributed by atoms with van der Waals surface area (Å²) in [4.78, 5) is 35.7. The van der Waals surface area contributed by atoms with Gasteiger partial charge in [-0.05, 0) is 116 Å². The van der Waals surface area contributed by atoms with Crippen LogP contribution in [0.2, 0.25) is 0 Å². The van der Waals surface area contributed by atoms with E-state index in [9.17, 15) is 19.0 Å². The largest absolute Gasteiger partial charge is 0.472 e. The third-order valence-corrected chi connectivity index (χ3v) is 13.3. The number of phosphoric ester groups is 1. The van der Waals surface area contributed by atoms with Crippen LogP contribution in [0.15, 0.2) is 146 Å². The van der Waals surface area contributed by atoms with Crippen LogP contribution >= 0.6 is 7.82 Å². The van der Waals surface area contributed by atoms with E-state index in [0.29, 0.717) is 23.9 Å². The molecular formula is C68H113NO8P+. The second-order valence-electron chi connectivity index (χ2n) is 21.0. The van der Waals surface area contributed by atoms with E-state index in [1.165, 1.54) is 77.0 Å². The van der Waals surface area contributed by atoms with Crippen LogP contribution < -0.4 is 0 Å². The highest BCUT2D eigenvalue weighted by molar-refractivity contribution is 7.47. The van der Waals surface area contributed by atoms with Crippen molar-refractivity contribution >= 4 is 19.8 Å². The van der Waals surface area contributed by atoms with Gasteiger partial charge in [-0.15, -0.1) is 0 Å². The van der Waals surface area contributed by atoms with E-state index in [-0.39, 0.29) is 26.1 Å². The topological polar surface area (TPSA) is 108 Å². The third-order valence-electron chi connectivity index (χ3n) is 12.4. The van der Waals surface area contributed by atoms with Crippen LogP contribution in [-0.2, 0) is 32.7 Å². The molecule has 2 unspecified atom stereocenters. The quantitative estimate of drug-likeness (QED) is 0.0211. The summed E-state index contributed by atoms with van der Waals surface area (Å²) in [7, 11) is 1.42. The molecular weight excluding hydrogens is 990 g/mol. The number of unbranched alkanes of at least 4 members (excludes halogenated alkanes) is 16. The van der Waals surface area contributed by atoms with E-state index in [2.05, 4.69) is 154 Å². The summed E-state index contributed by atoms with van der Waals surface area (Å²) in [5.41, 5.74) is 0. The van der Waals surface area contributed by atoms with E-state index < -0.39 is 32.5 Å². The van der Waals surface area contributed by atoms with Gasteiger partial charge in [0.05, 0.1) is 27.7 Å². The van der Waals surface area contributed by atoms with Crippen molar-refractivity contribution in [1.82, 2.24) is 0 Å². The summed E-state index contributed by atoms with van der Waals surface area (Å²) in [6.07, 6.45) is 85.0. The molecule has 1 N–H and O–H groups in total. The lowest BCUT2D eigenvalue weighted by Gasteiger charge is -2.24. The Bertz CT molecular complexity index is 1820. The summed E-state index contributed by atoms with van der Waals surface area (Å²) < 4.78 is 34.5. The van der Waals surface area contributed by atoms with Gasteiger partial charge in [0, 0.05) is 12.8 Å². The predicted molar refractivity (Wildman–Crippen MR) is 334 cm³/mol. The van der Waals surface area contributed by atoms with Crippen molar-refractivity contribution in [3.05, 3.63) is 146 Å². The Kier molecular flexibility index (Phi) is 54.5. The summed E-state index contributed by atoms with van der Waals surface area (Å²) in [5, 5.41) is 0. The maximum absolute atomic E-state index is 12.8. The molecule has 0 aromatic heterocycles. The standard InChI is InChI=1S/C68H112NO8P/c1-6-8-10-12-14-16-18-20-22-24-26-28-30-32-33-34-35-37-39-41-43-45-47-49-51-53-55-57-59-61-68(71)77-66(65-76-78(72,73)75-63-62-69(3,4)5)64-74-67(70)60-58-56-54-52-50-48-46-44-42-40-38-36-31-29-27-25-23-21-19-17-15-13-11-9-7-2/h8,10,14,16,19-22,25-28,31-33,35-37,41,43,47,49,53,55,66H,6-7,9,11-13,15,17-18,23-24,29-30,34,38-40,42,44-46,48,50-52,54,56-65H2,1-5H3/p+1/b10-8-,16-14-,21-19-,22-20-,27-25-,28-26-,33-32-,36-31-,37-35-,43-41-,49-47-,55-53-. The average molecular weight is 1100 g/mol. The summed E-state index contributed by atoms with van der Waals surface area (Å²) in [6.45, 7) is 4.22. The first kappa shape index (κ1) is 73.9. The minimum absolute atomic E-state index is 0.0115. The molecule has 0 aromatic carbocycles. The molecule has 0 amide bonds. The molecule has 2 atom stereocenters. The number of rotatable bonds is 54. The molecule has 78 heavy (non-hydrogen) atoms. The van der Waals surface area contributed by atoms with E-state index in [1.807, 2.05) is 27.2 Å². The molecule has 0 aromatic rings. The molecule has 0 radical (unpaired) electrons. The fourth-order valence-corrected chi connectivity index (χ4v) is 8.41. The normalized spacial score (nSPS) is 14.3. The molecule has 0 aliphatic rings. The molecule has 0 heterocycles. The van der Waals surface area contributed by atoms with Crippen molar-refractivity contribution < 1.29 is 42.1 Å². The van der Waals surface area contributed by atoms with Crippen LogP contribution in [-0.4, -0.2) is 74.9 Å². The average Bonchev–Trinajstić information content (AvgIpc) is 3.41. The Labute approximate surface area is 478 Å². The van der Waals surface area contributed by atoms with Crippen LogP contribution in [0.3, 0.4) is 0 Å². The zero-order valence-corrected chi connectivity index (χ0v) is 51.0. The zero-order valence-electron chi connectivity index (χ0n) is 50.1. The molecule has 442 valence electrons. The van der Waals surface area contributed by atoms with Gasteiger partial charge in [0.2, 0.25) is 0 Å². The number of quaternary nitrogens is 1. The second kappa shape index (κ2) is 57.6. The molecule has 0 aliphatic carbocycles. The van der Waals surface area contributed by atoms with Crippen molar-refractivity contribution in [3.8, 4) is 0 Å². The van der Waals surface area contributed by atoms with Gasteiger partial charge in [-0.3, -0.25) is 18.6 Å². The minimum Gasteiger partial charge on any atom is -0.462 e. The number of allylic oxidation sites excluding steroid dienone is 24. The van der Waals surface area contributed by atoms with E-state index in [1.54, 1.807) is 0 Å². The first-order chi connectivity index (χ1) is 38.0. The highest BCUT2D eigenvalue weighted by Crippen LogP contribution is 2.43. The molecule has 10 heteroatoms. The number of ether oxygens (including phenoxy) is 2. The fourth-order valence-electron chi connectivity index (χ4n) is 7.67. The van der Waals surface area contributed by atoms with Gasteiger partial charge in [0.1, 0.15) is 19.8 Å². The maximum atomic E-state index is 12.8. The van der Waals surface area contributed by atoms with Crippen LogP contribution in [0, 0.1) is 0 Å². The molecule has 0 fully saturated rings. The number of hydrogen-bond acceptors (Lipinski definition) is 7. The number of hydrogen-bond donors (Lipinski definition) is 1. The molecule has 0 bridgehead atoms. The highest BCUT2D eigenvalue weighted by Gasteiger charge is 2.27. The Morgan fingerprint density at radius 3 is 1.13 bits per heavy atom. The Morgan fingerprint density at radius 1 is 0.410 bits per heavy atom. The van der Waals surface area contributed by atoms with Gasteiger partial charge in [-0.2, -0.15) is 0 Å². The monoisotopic (exact) mass is 1100 g/mol. The van der Waals surface area contributed by atoms with Crippen LogP contribution in [0.1, 0.15) is 219 Å². The zero-order chi connectivity index (χ0) is 57.0. The third kappa shape index (κ3) is 61.1. The van der Waals surface area contributed by atoms with Gasteiger partial charge < -0.3 is 18.9 Å². The van der Waals surface area contributed by atoms with Crippen LogP contribution in [0.25, 0.3) is 0 Å². The number of esters is 2. The second-order valence-corrected chi connectivity index (χ2v) is 22.5. The Balaban J connectivity index is 4.31. The highest BCUT2D eigenvalue weighted by atomic mass is 31.2. The molecule has 0 rings (SSSR count). The predicted octanol–water partition coefficient (Wildman–Crippen LogP) is 19.5. The van der Waals surface area contributed by atoms with Gasteiger partial charge >= 0.3 is 19.8 Å². The van der Waals surface area contributed by atoms with Crippen molar-refractivity contribution in [2.45, 2.75) is 225 Å². The number of likely N-dealkylation sites (N-methyl/N-ethyl adjacent to an activating group) is 1. The Morgan fingerprint density at radius 2 is 0.744 bits per heavy atom. The maximum Gasteiger partial charge on any atom is 0.472 e. The van der Waals surface area contributed by atoms with Gasteiger partial charge in [-0.1, -0.05) is 237 Å². The lowest BCUT2D eigenvalue weighted by atomic mass is 10.1. The van der Waals surface area contributed by atoms with Crippen LogP contribution in [0.5, 0.6) is 0 Å². The van der Waals surface area contributed by atoms with Crippen molar-refractivity contribution in [2.75, 3.05) is 47.5 Å². The number of nitrogens with zero attached hydrogens (tertiary/aromatic N) is 1. The van der Waals surface area contributed by atoms with Crippen molar-refractivity contribution in [1.29, 1.82) is 0 Å². The molecule has 0 saturated heterocycles. The van der Waals surface area contributed by atoms with Crippen molar-refractivity contribution in [3.63, 3.8) is 0 Å². The van der Waals surface area contributed by atoms with E-state index >= 15 is 0 Å². The molecule has 9 nitrogen and oxygen atoms in total. The summed E-state index contributed by atoms with van der Waals surface area (Å²) >= 11 is 0. The van der Waals surface area contributed by atoms with Gasteiger partial charge in [0.15, 0.2) is 6.10 Å². The Hall–Kier alpha value is -4.11. The number of phosphoric acid groups is 1. The molecule has 0 saturated carbocycles. The summed E-state index contributed by atoms with van der Waals surface area (Å²) in [6, 6.07) is 0. The van der Waals surface area contributed by atoms with Crippen molar-refractivity contribution in [2.24, 2.45) is 0 Å². The van der Waals surface area contributed by atoms with Gasteiger partial charge in [-0.25, -0.2) is 4.57 Å². The first-order valence-electron chi connectivity index (χ1n) is 30.6.